The number of alkyl halides is 2. The summed E-state index contributed by atoms with van der Waals surface area (Å²) in [5.74, 6) is 1.09. The smallest absolute Gasteiger partial charge is 0.250 e. The van der Waals surface area contributed by atoms with Crippen LogP contribution in [0.25, 0.3) is 39.3 Å². The number of carbonyl (C=O) groups excluding carboxylic acids is 1. The van der Waals surface area contributed by atoms with Crippen LogP contribution in [-0.4, -0.2) is 76.5 Å². The normalized spacial score (nSPS) is 13.7. The molecule has 5 heterocycles. The van der Waals surface area contributed by atoms with E-state index >= 15 is 0 Å². The van der Waals surface area contributed by atoms with Crippen LogP contribution in [0.5, 0.6) is 11.6 Å². The molecule has 10 nitrogen and oxygen atoms in total. The van der Waals surface area contributed by atoms with Gasteiger partial charge in [-0.05, 0) is 31.0 Å². The van der Waals surface area contributed by atoms with Gasteiger partial charge < -0.3 is 29.4 Å². The van der Waals surface area contributed by atoms with E-state index in [0.29, 0.717) is 79.2 Å². The summed E-state index contributed by atoms with van der Waals surface area (Å²) in [6.45, 7) is 3.44. The van der Waals surface area contributed by atoms with Crippen LogP contribution >= 0.6 is 23.2 Å². The number of carbonyl (C=O) groups is 1. The van der Waals surface area contributed by atoms with Crippen molar-refractivity contribution >= 4 is 34.8 Å². The van der Waals surface area contributed by atoms with Gasteiger partial charge in [-0.15, -0.1) is 0 Å². The van der Waals surface area contributed by atoms with Crippen molar-refractivity contribution in [3.05, 3.63) is 82.4 Å². The predicted octanol–water partition coefficient (Wildman–Crippen LogP) is 6.90. The molecule has 0 bridgehead atoms. The minimum Gasteiger partial charge on any atom is -0.493 e. The minimum atomic E-state index is -2.45. The molecule has 262 valence electrons. The van der Waals surface area contributed by atoms with E-state index in [9.17, 15) is 13.6 Å². The number of rotatable bonds is 12. The van der Waals surface area contributed by atoms with Gasteiger partial charge in [-0.25, -0.2) is 18.7 Å². The van der Waals surface area contributed by atoms with Crippen LogP contribution in [0.15, 0.2) is 61.1 Å². The van der Waals surface area contributed by atoms with Crippen molar-refractivity contribution in [1.29, 1.82) is 0 Å². The van der Waals surface area contributed by atoms with Gasteiger partial charge >= 0.3 is 0 Å². The van der Waals surface area contributed by atoms with E-state index in [1.807, 2.05) is 41.4 Å². The third kappa shape index (κ3) is 7.68. The van der Waals surface area contributed by atoms with Gasteiger partial charge in [0.2, 0.25) is 11.8 Å². The molecule has 1 aliphatic heterocycles. The number of aromatic nitrogens is 4. The summed E-state index contributed by atoms with van der Waals surface area (Å²) in [5.41, 5.74) is 5.93. The highest BCUT2D eigenvalue weighted by Gasteiger charge is 2.22. The molecule has 2 N–H and O–H groups in total. The van der Waals surface area contributed by atoms with Gasteiger partial charge in [0, 0.05) is 85.6 Å². The summed E-state index contributed by atoms with van der Waals surface area (Å²) in [6, 6.07) is 13.5. The first-order chi connectivity index (χ1) is 24.2. The maximum Gasteiger partial charge on any atom is 0.250 e. The van der Waals surface area contributed by atoms with Crippen molar-refractivity contribution in [3.63, 3.8) is 0 Å². The number of methoxy groups -OCH3 is 2. The first kappa shape index (κ1) is 35.5. The van der Waals surface area contributed by atoms with Crippen LogP contribution in [0, 0.1) is 0 Å². The number of pyridine rings is 3. The fourth-order valence-electron chi connectivity index (χ4n) is 6.17. The van der Waals surface area contributed by atoms with E-state index in [-0.39, 0.29) is 12.5 Å². The maximum atomic E-state index is 12.6. The number of nitrogens with zero attached hydrogens (tertiary/aromatic N) is 5. The Morgan fingerprint density at radius 1 is 0.980 bits per heavy atom. The van der Waals surface area contributed by atoms with E-state index in [2.05, 4.69) is 20.6 Å². The molecular weight excluding hydrogens is 687 g/mol. The monoisotopic (exact) mass is 723 g/mol. The Kier molecular flexibility index (Phi) is 11.1. The zero-order valence-corrected chi connectivity index (χ0v) is 29.4. The lowest BCUT2D eigenvalue weighted by atomic mass is 9.99. The summed E-state index contributed by atoms with van der Waals surface area (Å²) in [7, 11) is 3.13. The number of halogens is 4. The van der Waals surface area contributed by atoms with E-state index in [1.165, 1.54) is 7.11 Å². The van der Waals surface area contributed by atoms with Gasteiger partial charge in [0.25, 0.3) is 6.43 Å². The Hall–Kier alpha value is -4.36. The van der Waals surface area contributed by atoms with Crippen LogP contribution in [0.3, 0.4) is 0 Å². The molecule has 1 aromatic carbocycles. The summed E-state index contributed by atoms with van der Waals surface area (Å²) in [4.78, 5) is 27.5. The van der Waals surface area contributed by atoms with Crippen molar-refractivity contribution in [3.8, 4) is 45.3 Å². The predicted molar refractivity (Wildman–Crippen MR) is 190 cm³/mol. The Labute approximate surface area is 298 Å². The quantitative estimate of drug-likeness (QED) is 0.143. The number of nitrogens with one attached hydrogen (secondary N) is 2. The Morgan fingerprint density at radius 3 is 2.46 bits per heavy atom. The van der Waals surface area contributed by atoms with Crippen molar-refractivity contribution in [2.45, 2.75) is 45.3 Å². The SMILES string of the molecule is COc1nc(-c2cccc(-c3ccnc(-c4cc(OC)c5nc(CNCC(F)F)cn5c4)c3Cl)c2Cl)ccc1CNC1CCN(C(C)=O)CC1. The van der Waals surface area contributed by atoms with E-state index in [0.717, 1.165) is 31.5 Å². The molecule has 50 heavy (non-hydrogen) atoms. The second-order valence-corrected chi connectivity index (χ2v) is 12.8. The lowest BCUT2D eigenvalue weighted by molar-refractivity contribution is -0.129. The minimum absolute atomic E-state index is 0.115. The molecule has 4 aromatic heterocycles. The average Bonchev–Trinajstić information content (AvgIpc) is 3.53. The van der Waals surface area contributed by atoms with Crippen molar-refractivity contribution in [2.24, 2.45) is 0 Å². The Morgan fingerprint density at radius 2 is 1.74 bits per heavy atom. The molecule has 1 aliphatic rings. The maximum absolute atomic E-state index is 12.6. The number of imidazole rings is 1. The lowest BCUT2D eigenvalue weighted by Gasteiger charge is -2.31. The number of piperidine rings is 1. The highest BCUT2D eigenvalue weighted by Crippen LogP contribution is 2.42. The fourth-order valence-corrected chi connectivity index (χ4v) is 6.81. The largest absolute Gasteiger partial charge is 0.493 e. The molecule has 5 aromatic rings. The van der Waals surface area contributed by atoms with Gasteiger partial charge in [0.15, 0.2) is 11.4 Å². The summed E-state index contributed by atoms with van der Waals surface area (Å²) in [6.07, 6.45) is 4.57. The molecule has 1 saturated heterocycles. The number of ether oxygens (including phenoxy) is 2. The number of hydrogen-bond acceptors (Lipinski definition) is 8. The zero-order valence-electron chi connectivity index (χ0n) is 27.9. The number of benzene rings is 1. The van der Waals surface area contributed by atoms with Gasteiger partial charge in [-0.1, -0.05) is 47.5 Å². The van der Waals surface area contributed by atoms with E-state index < -0.39 is 13.0 Å². The number of likely N-dealkylation sites (tertiary alicyclic amines) is 1. The molecule has 0 saturated carbocycles. The molecule has 1 fully saturated rings. The van der Waals surface area contributed by atoms with Crippen LogP contribution in [-0.2, 0) is 17.9 Å². The molecule has 14 heteroatoms. The van der Waals surface area contributed by atoms with Crippen molar-refractivity contribution < 1.29 is 23.0 Å². The van der Waals surface area contributed by atoms with Crippen LogP contribution in [0.1, 0.15) is 31.0 Å². The molecule has 0 atom stereocenters. The first-order valence-corrected chi connectivity index (χ1v) is 16.9. The third-order valence-corrected chi connectivity index (χ3v) is 9.56. The van der Waals surface area contributed by atoms with Crippen LogP contribution in [0.4, 0.5) is 8.78 Å². The second kappa shape index (κ2) is 15.7. The standard InChI is InChI=1S/C36H37Cl2F2N7O3/c1-21(48)46-13-10-24(11-14-46)43-16-22-7-8-29(45-36(22)50-3)28-6-4-5-26(32(28)37)27-9-12-42-34(33(27)38)23-15-30(49-2)35-44-25(20-47(35)19-23)17-41-18-31(39)40/h4-9,12,15,19-20,24,31,41,43H,10-11,13-14,16-18H2,1-3H3. The van der Waals surface area contributed by atoms with Gasteiger partial charge in [0.1, 0.15) is 0 Å². The Balaban J connectivity index is 1.26. The molecule has 0 spiro atoms. The Bertz CT molecular complexity index is 2000. The van der Waals surface area contributed by atoms with Gasteiger partial charge in [-0.2, -0.15) is 0 Å². The van der Waals surface area contributed by atoms with Gasteiger partial charge in [0.05, 0.1) is 47.9 Å². The second-order valence-electron chi connectivity index (χ2n) is 12.0. The summed E-state index contributed by atoms with van der Waals surface area (Å²) in [5, 5.41) is 7.13. The average molecular weight is 725 g/mol. The van der Waals surface area contributed by atoms with E-state index in [1.54, 1.807) is 43.0 Å². The molecule has 0 unspecified atom stereocenters. The molecule has 0 radical (unpaired) electrons. The van der Waals surface area contributed by atoms with Crippen molar-refractivity contribution in [1.82, 2.24) is 34.9 Å². The van der Waals surface area contributed by atoms with E-state index in [4.69, 9.17) is 37.7 Å². The topological polar surface area (TPSA) is 106 Å². The molecular formula is C36H37Cl2F2N7O3. The van der Waals surface area contributed by atoms with Crippen LogP contribution in [0.2, 0.25) is 10.0 Å². The summed E-state index contributed by atoms with van der Waals surface area (Å²) < 4.78 is 38.3. The van der Waals surface area contributed by atoms with Gasteiger partial charge in [-0.3, -0.25) is 9.78 Å². The molecule has 1 amide bonds. The fraction of sp³-hybridized carbons (Fsp3) is 0.333. The number of fused-ring (bicyclic) bond motifs is 1. The summed E-state index contributed by atoms with van der Waals surface area (Å²) >= 11 is 14.1. The number of hydrogen-bond donors (Lipinski definition) is 2. The zero-order chi connectivity index (χ0) is 35.4. The lowest BCUT2D eigenvalue weighted by Crippen LogP contribution is -2.44. The molecule has 6 rings (SSSR count). The number of amides is 1. The first-order valence-electron chi connectivity index (χ1n) is 16.2. The molecule has 0 aliphatic carbocycles. The highest BCUT2D eigenvalue weighted by atomic mass is 35.5. The highest BCUT2D eigenvalue weighted by molar-refractivity contribution is 6.39. The van der Waals surface area contributed by atoms with Crippen LogP contribution < -0.4 is 20.1 Å². The third-order valence-electron chi connectivity index (χ3n) is 8.77. The van der Waals surface area contributed by atoms with Crippen molar-refractivity contribution in [2.75, 3.05) is 33.9 Å².